The fourth-order valence-corrected chi connectivity index (χ4v) is 3.75. The maximum Gasteiger partial charge on any atom is 0.336 e. The summed E-state index contributed by atoms with van der Waals surface area (Å²) in [6.07, 6.45) is -0.666. The molecule has 1 aromatic heterocycles. The van der Waals surface area contributed by atoms with E-state index in [9.17, 15) is 9.59 Å². The SMILES string of the molecule is C[C@H](Oc1ccc2c(-c3ccccc3)cc(=O)oc2c1)C(=O)NCC[NH+]1CCOCC1. The molecular formula is C24H27N2O5+. The average Bonchev–Trinajstić information content (AvgIpc) is 2.79. The van der Waals surface area contributed by atoms with Crippen LogP contribution in [0.25, 0.3) is 22.1 Å². The van der Waals surface area contributed by atoms with Gasteiger partial charge in [-0.1, -0.05) is 30.3 Å². The number of quaternary nitrogens is 1. The van der Waals surface area contributed by atoms with Crippen molar-refractivity contribution < 1.29 is 23.6 Å². The molecular weight excluding hydrogens is 396 g/mol. The first-order chi connectivity index (χ1) is 15.1. The fraction of sp³-hybridized carbons (Fsp3) is 0.333. The summed E-state index contributed by atoms with van der Waals surface area (Å²) in [7, 11) is 0. The smallest absolute Gasteiger partial charge is 0.336 e. The zero-order valence-corrected chi connectivity index (χ0v) is 17.6. The molecule has 162 valence electrons. The van der Waals surface area contributed by atoms with Gasteiger partial charge in [0.2, 0.25) is 0 Å². The maximum atomic E-state index is 12.4. The Balaban J connectivity index is 1.42. The van der Waals surface area contributed by atoms with Crippen LogP contribution in [0.2, 0.25) is 0 Å². The second-order valence-corrected chi connectivity index (χ2v) is 7.67. The Morgan fingerprint density at radius 2 is 1.90 bits per heavy atom. The molecule has 1 aliphatic rings. The zero-order valence-electron chi connectivity index (χ0n) is 17.6. The van der Waals surface area contributed by atoms with E-state index in [-0.39, 0.29) is 5.91 Å². The number of carbonyl (C=O) groups excluding carboxylic acids is 1. The lowest BCUT2D eigenvalue weighted by Crippen LogP contribution is -3.14. The van der Waals surface area contributed by atoms with Gasteiger partial charge in [-0.25, -0.2) is 4.79 Å². The highest BCUT2D eigenvalue weighted by Crippen LogP contribution is 2.29. The van der Waals surface area contributed by atoms with Crippen molar-refractivity contribution in [2.75, 3.05) is 39.4 Å². The molecule has 0 bridgehead atoms. The lowest BCUT2D eigenvalue weighted by Gasteiger charge is -2.24. The topological polar surface area (TPSA) is 82.2 Å². The summed E-state index contributed by atoms with van der Waals surface area (Å²) >= 11 is 0. The number of fused-ring (bicyclic) bond motifs is 1. The molecule has 4 rings (SSSR count). The van der Waals surface area contributed by atoms with E-state index in [1.165, 1.54) is 11.0 Å². The highest BCUT2D eigenvalue weighted by molar-refractivity contribution is 5.93. The number of rotatable bonds is 7. The van der Waals surface area contributed by atoms with E-state index < -0.39 is 11.7 Å². The molecule has 1 saturated heterocycles. The van der Waals surface area contributed by atoms with Gasteiger partial charge < -0.3 is 24.1 Å². The Morgan fingerprint density at radius 3 is 2.68 bits per heavy atom. The van der Waals surface area contributed by atoms with Gasteiger partial charge in [0.05, 0.1) is 26.3 Å². The molecule has 2 N–H and O–H groups in total. The van der Waals surface area contributed by atoms with Crippen molar-refractivity contribution in [2.45, 2.75) is 13.0 Å². The third-order valence-electron chi connectivity index (χ3n) is 5.46. The normalized spacial score (nSPS) is 15.5. The van der Waals surface area contributed by atoms with E-state index >= 15 is 0 Å². The van der Waals surface area contributed by atoms with E-state index in [4.69, 9.17) is 13.9 Å². The van der Waals surface area contributed by atoms with Gasteiger partial charge in [0.15, 0.2) is 6.10 Å². The van der Waals surface area contributed by atoms with Gasteiger partial charge in [0.25, 0.3) is 5.91 Å². The minimum Gasteiger partial charge on any atom is -0.481 e. The summed E-state index contributed by atoms with van der Waals surface area (Å²) in [4.78, 5) is 25.9. The summed E-state index contributed by atoms with van der Waals surface area (Å²) in [5.74, 6) is 0.301. The van der Waals surface area contributed by atoms with Crippen LogP contribution in [0.5, 0.6) is 5.75 Å². The van der Waals surface area contributed by atoms with Gasteiger partial charge in [0.1, 0.15) is 24.4 Å². The fourth-order valence-electron chi connectivity index (χ4n) is 3.75. The third kappa shape index (κ3) is 5.31. The highest BCUT2D eigenvalue weighted by Gasteiger charge is 2.18. The summed E-state index contributed by atoms with van der Waals surface area (Å²) in [5, 5.41) is 3.74. The zero-order chi connectivity index (χ0) is 21.6. The quantitative estimate of drug-likeness (QED) is 0.559. The largest absolute Gasteiger partial charge is 0.481 e. The lowest BCUT2D eigenvalue weighted by atomic mass is 10.0. The summed E-state index contributed by atoms with van der Waals surface area (Å²) in [6.45, 7) is 6.64. The molecule has 3 aromatic rings. The van der Waals surface area contributed by atoms with Crippen molar-refractivity contribution in [3.63, 3.8) is 0 Å². The van der Waals surface area contributed by atoms with Crippen LogP contribution >= 0.6 is 0 Å². The minimum absolute atomic E-state index is 0.174. The predicted octanol–water partition coefficient (Wildman–Crippen LogP) is 1.26. The van der Waals surface area contributed by atoms with E-state index in [0.717, 1.165) is 49.4 Å². The summed E-state index contributed by atoms with van der Waals surface area (Å²) in [6, 6.07) is 16.5. The van der Waals surface area contributed by atoms with E-state index in [0.29, 0.717) is 17.9 Å². The average molecular weight is 423 g/mol. The van der Waals surface area contributed by atoms with Crippen LogP contribution in [0.1, 0.15) is 6.92 Å². The van der Waals surface area contributed by atoms with Crippen molar-refractivity contribution in [1.82, 2.24) is 5.32 Å². The van der Waals surface area contributed by atoms with E-state index in [1.807, 2.05) is 36.4 Å². The molecule has 0 saturated carbocycles. The van der Waals surface area contributed by atoms with Crippen LogP contribution in [0, 0.1) is 0 Å². The number of nitrogens with one attached hydrogen (secondary N) is 2. The molecule has 7 heteroatoms. The molecule has 2 aromatic carbocycles. The minimum atomic E-state index is -0.666. The van der Waals surface area contributed by atoms with Crippen molar-refractivity contribution in [3.8, 4) is 16.9 Å². The maximum absolute atomic E-state index is 12.4. The standard InChI is InChI=1S/C24H26N2O5/c1-17(24(28)25-9-10-26-11-13-29-14-12-26)30-19-7-8-20-21(18-5-3-2-4-6-18)16-23(27)31-22(20)15-19/h2-8,15-17H,9-14H2,1H3,(H,25,28)/p+1/t17-/m0/s1. The summed E-state index contributed by atoms with van der Waals surface area (Å²) < 4.78 is 16.5. The van der Waals surface area contributed by atoms with Crippen LogP contribution in [0.3, 0.4) is 0 Å². The molecule has 2 heterocycles. The molecule has 0 spiro atoms. The first kappa shape index (κ1) is 21.1. The first-order valence-corrected chi connectivity index (χ1v) is 10.6. The Labute approximate surface area is 180 Å². The Hall–Kier alpha value is -3.16. The third-order valence-corrected chi connectivity index (χ3v) is 5.46. The molecule has 0 aliphatic carbocycles. The highest BCUT2D eigenvalue weighted by atomic mass is 16.5. The monoisotopic (exact) mass is 423 g/mol. The van der Waals surface area contributed by atoms with Crippen molar-refractivity contribution in [3.05, 3.63) is 65.0 Å². The van der Waals surface area contributed by atoms with Crippen LogP contribution < -0.4 is 20.6 Å². The molecule has 31 heavy (non-hydrogen) atoms. The van der Waals surface area contributed by atoms with Crippen LogP contribution in [0.15, 0.2) is 63.8 Å². The number of amides is 1. The lowest BCUT2D eigenvalue weighted by molar-refractivity contribution is -0.906. The molecule has 1 aliphatic heterocycles. The number of carbonyl (C=O) groups is 1. The van der Waals surface area contributed by atoms with Gasteiger partial charge in [-0.15, -0.1) is 0 Å². The number of morpholine rings is 1. The van der Waals surface area contributed by atoms with Gasteiger partial charge >= 0.3 is 5.63 Å². The van der Waals surface area contributed by atoms with Crippen molar-refractivity contribution in [2.24, 2.45) is 0 Å². The van der Waals surface area contributed by atoms with Crippen molar-refractivity contribution in [1.29, 1.82) is 0 Å². The van der Waals surface area contributed by atoms with Gasteiger partial charge in [-0.05, 0) is 30.2 Å². The van der Waals surface area contributed by atoms with Crippen molar-refractivity contribution >= 4 is 16.9 Å². The molecule has 7 nitrogen and oxygen atoms in total. The second-order valence-electron chi connectivity index (χ2n) is 7.67. The van der Waals surface area contributed by atoms with Crippen LogP contribution in [-0.2, 0) is 9.53 Å². The molecule has 0 unspecified atom stereocenters. The van der Waals surface area contributed by atoms with Gasteiger partial charge in [0, 0.05) is 17.5 Å². The van der Waals surface area contributed by atoms with Gasteiger partial charge in [-0.2, -0.15) is 0 Å². The Morgan fingerprint density at radius 1 is 1.13 bits per heavy atom. The molecule has 1 fully saturated rings. The second kappa shape index (κ2) is 9.76. The molecule has 0 radical (unpaired) electrons. The molecule has 1 amide bonds. The number of hydrogen-bond acceptors (Lipinski definition) is 5. The number of ether oxygens (including phenoxy) is 2. The summed E-state index contributed by atoms with van der Waals surface area (Å²) in [5.41, 5.74) is 1.73. The predicted molar refractivity (Wildman–Crippen MR) is 117 cm³/mol. The van der Waals surface area contributed by atoms with Gasteiger partial charge in [-0.3, -0.25) is 4.79 Å². The Kier molecular flexibility index (Phi) is 6.64. The van der Waals surface area contributed by atoms with E-state index in [2.05, 4.69) is 5.32 Å². The first-order valence-electron chi connectivity index (χ1n) is 10.6. The van der Waals surface area contributed by atoms with Crippen LogP contribution in [-0.4, -0.2) is 51.4 Å². The van der Waals surface area contributed by atoms with E-state index in [1.54, 1.807) is 19.1 Å². The number of hydrogen-bond donors (Lipinski definition) is 2. The Bertz CT molecular complexity index is 1090. The van der Waals surface area contributed by atoms with Crippen LogP contribution in [0.4, 0.5) is 0 Å². The molecule has 1 atom stereocenters. The number of benzene rings is 2.